The van der Waals surface area contributed by atoms with Crippen molar-refractivity contribution in [3.8, 4) is 0 Å². The highest BCUT2D eigenvalue weighted by Gasteiger charge is 2.12. The van der Waals surface area contributed by atoms with Gasteiger partial charge in [-0.3, -0.25) is 0 Å². The van der Waals surface area contributed by atoms with Crippen LogP contribution >= 0.6 is 0 Å². The van der Waals surface area contributed by atoms with Gasteiger partial charge in [-0.1, -0.05) is 12.1 Å². The lowest BCUT2D eigenvalue weighted by Gasteiger charge is -2.24. The van der Waals surface area contributed by atoms with Gasteiger partial charge in [0.05, 0.1) is 6.61 Å². The second-order valence-corrected chi connectivity index (χ2v) is 5.25. The van der Waals surface area contributed by atoms with Gasteiger partial charge in [0.1, 0.15) is 0 Å². The summed E-state index contributed by atoms with van der Waals surface area (Å²) in [4.78, 5) is 4.85. The Balaban J connectivity index is 1.93. The van der Waals surface area contributed by atoms with Crippen molar-refractivity contribution >= 4 is 5.69 Å². The second kappa shape index (κ2) is 6.21. The number of hydrogen-bond donors (Lipinski definition) is 1. The van der Waals surface area contributed by atoms with Crippen LogP contribution in [0.25, 0.3) is 0 Å². The molecule has 18 heavy (non-hydrogen) atoms. The zero-order valence-electron chi connectivity index (χ0n) is 11.5. The second-order valence-electron chi connectivity index (χ2n) is 5.25. The van der Waals surface area contributed by atoms with Crippen LogP contribution in [0.3, 0.4) is 0 Å². The van der Waals surface area contributed by atoms with Crippen LogP contribution < -0.4 is 4.90 Å². The first-order chi connectivity index (χ1) is 8.70. The van der Waals surface area contributed by atoms with Crippen molar-refractivity contribution in [2.75, 3.05) is 38.1 Å². The highest BCUT2D eigenvalue weighted by atomic mass is 16.3. The van der Waals surface area contributed by atoms with Crippen LogP contribution in [0.4, 0.5) is 5.69 Å². The lowest BCUT2D eigenvalue weighted by molar-refractivity contribution is 0.282. The van der Waals surface area contributed by atoms with E-state index in [4.69, 9.17) is 5.11 Å². The maximum Gasteiger partial charge on any atom is 0.0681 e. The van der Waals surface area contributed by atoms with Crippen LogP contribution in [0.1, 0.15) is 24.0 Å². The molecule has 1 aliphatic rings. The molecule has 2 rings (SSSR count). The predicted octanol–water partition coefficient (Wildman–Crippen LogP) is 2.02. The fourth-order valence-electron chi connectivity index (χ4n) is 2.66. The molecule has 3 heteroatoms. The van der Waals surface area contributed by atoms with E-state index in [9.17, 15) is 0 Å². The van der Waals surface area contributed by atoms with Crippen LogP contribution in [0, 0.1) is 6.92 Å². The normalized spacial score (nSPS) is 16.2. The van der Waals surface area contributed by atoms with E-state index in [1.54, 1.807) is 0 Å². The van der Waals surface area contributed by atoms with Gasteiger partial charge < -0.3 is 14.9 Å². The molecular formula is C15H24N2O. The van der Waals surface area contributed by atoms with E-state index in [1.165, 1.54) is 37.2 Å². The molecule has 100 valence electrons. The summed E-state index contributed by atoms with van der Waals surface area (Å²) >= 11 is 0. The Bertz CT molecular complexity index is 386. The quantitative estimate of drug-likeness (QED) is 0.863. The molecule has 1 N–H and O–H groups in total. The first-order valence-corrected chi connectivity index (χ1v) is 6.84. The minimum Gasteiger partial charge on any atom is -0.392 e. The summed E-state index contributed by atoms with van der Waals surface area (Å²) in [6, 6.07) is 6.20. The average Bonchev–Trinajstić information content (AvgIpc) is 2.88. The fourth-order valence-corrected chi connectivity index (χ4v) is 2.66. The monoisotopic (exact) mass is 248 g/mol. The summed E-state index contributed by atoms with van der Waals surface area (Å²) in [6.45, 7) is 6.98. The third kappa shape index (κ3) is 3.24. The van der Waals surface area contributed by atoms with E-state index in [1.807, 2.05) is 6.07 Å². The lowest BCUT2D eigenvalue weighted by atomic mass is 10.1. The molecule has 1 aromatic rings. The van der Waals surface area contributed by atoms with Crippen molar-refractivity contribution < 1.29 is 5.11 Å². The number of anilines is 1. The minimum absolute atomic E-state index is 0.124. The number of likely N-dealkylation sites (tertiary alicyclic amines) is 1. The molecule has 0 radical (unpaired) electrons. The molecule has 0 unspecified atom stereocenters. The van der Waals surface area contributed by atoms with E-state index < -0.39 is 0 Å². The first-order valence-electron chi connectivity index (χ1n) is 6.84. The third-order valence-corrected chi connectivity index (χ3v) is 3.81. The zero-order chi connectivity index (χ0) is 13.0. The molecule has 1 fully saturated rings. The number of aliphatic hydroxyl groups excluding tert-OH is 1. The highest BCUT2D eigenvalue weighted by molar-refractivity contribution is 5.53. The highest BCUT2D eigenvalue weighted by Crippen LogP contribution is 2.20. The summed E-state index contributed by atoms with van der Waals surface area (Å²) in [5, 5.41) is 9.12. The van der Waals surface area contributed by atoms with Crippen molar-refractivity contribution in [2.45, 2.75) is 26.4 Å². The molecule has 1 saturated heterocycles. The zero-order valence-corrected chi connectivity index (χ0v) is 11.5. The Morgan fingerprint density at radius 2 is 2.00 bits per heavy atom. The van der Waals surface area contributed by atoms with E-state index in [0.717, 1.165) is 18.7 Å². The van der Waals surface area contributed by atoms with Crippen molar-refractivity contribution in [1.82, 2.24) is 4.90 Å². The topological polar surface area (TPSA) is 26.7 Å². The Morgan fingerprint density at radius 3 is 2.61 bits per heavy atom. The van der Waals surface area contributed by atoms with Gasteiger partial charge in [0.2, 0.25) is 0 Å². The maximum atomic E-state index is 9.12. The minimum atomic E-state index is 0.124. The maximum absolute atomic E-state index is 9.12. The Morgan fingerprint density at radius 1 is 1.28 bits per heavy atom. The number of aliphatic hydroxyl groups is 1. The van der Waals surface area contributed by atoms with Gasteiger partial charge in [-0.25, -0.2) is 0 Å². The summed E-state index contributed by atoms with van der Waals surface area (Å²) in [5.74, 6) is 0. The Labute approximate surface area is 110 Å². The number of nitrogens with zero attached hydrogens (tertiary/aromatic N) is 2. The molecule has 1 aromatic carbocycles. The van der Waals surface area contributed by atoms with E-state index in [0.29, 0.717) is 0 Å². The smallest absolute Gasteiger partial charge is 0.0681 e. The van der Waals surface area contributed by atoms with E-state index in [2.05, 4.69) is 35.9 Å². The van der Waals surface area contributed by atoms with Gasteiger partial charge in [0.25, 0.3) is 0 Å². The molecule has 0 spiro atoms. The van der Waals surface area contributed by atoms with Gasteiger partial charge in [0, 0.05) is 25.8 Å². The van der Waals surface area contributed by atoms with Crippen molar-refractivity contribution in [3.05, 3.63) is 29.3 Å². The third-order valence-electron chi connectivity index (χ3n) is 3.81. The van der Waals surface area contributed by atoms with Gasteiger partial charge >= 0.3 is 0 Å². The molecular weight excluding hydrogens is 224 g/mol. The predicted molar refractivity (Wildman–Crippen MR) is 76.0 cm³/mol. The standard InChI is InChI=1S/C15H24N2O/c1-13-11-14(12-18)5-6-15(13)16(2)9-10-17-7-3-4-8-17/h5-6,11,18H,3-4,7-10,12H2,1-2H3. The molecule has 0 aromatic heterocycles. The average molecular weight is 248 g/mol. The number of benzene rings is 1. The Kier molecular flexibility index (Phi) is 4.61. The molecule has 0 saturated carbocycles. The van der Waals surface area contributed by atoms with E-state index >= 15 is 0 Å². The fraction of sp³-hybridized carbons (Fsp3) is 0.600. The molecule has 0 amide bonds. The summed E-state index contributed by atoms with van der Waals surface area (Å²) < 4.78 is 0. The van der Waals surface area contributed by atoms with Crippen LogP contribution in [0.5, 0.6) is 0 Å². The summed E-state index contributed by atoms with van der Waals surface area (Å²) in [7, 11) is 2.15. The van der Waals surface area contributed by atoms with Crippen LogP contribution in [-0.4, -0.2) is 43.2 Å². The summed E-state index contributed by atoms with van der Waals surface area (Å²) in [5.41, 5.74) is 3.50. The summed E-state index contributed by atoms with van der Waals surface area (Å²) in [6.07, 6.45) is 2.71. The number of hydrogen-bond acceptors (Lipinski definition) is 3. The van der Waals surface area contributed by atoms with E-state index in [-0.39, 0.29) is 6.61 Å². The number of rotatable bonds is 5. The number of likely N-dealkylation sites (N-methyl/N-ethyl adjacent to an activating group) is 1. The molecule has 0 bridgehead atoms. The lowest BCUT2D eigenvalue weighted by Crippen LogP contribution is -2.31. The number of aryl methyl sites for hydroxylation is 1. The van der Waals surface area contributed by atoms with Crippen LogP contribution in [0.15, 0.2) is 18.2 Å². The molecule has 0 aliphatic carbocycles. The Hall–Kier alpha value is -1.06. The SMILES string of the molecule is Cc1cc(CO)ccc1N(C)CCN1CCCC1. The molecule has 1 heterocycles. The van der Waals surface area contributed by atoms with Crippen molar-refractivity contribution in [3.63, 3.8) is 0 Å². The first kappa shape index (κ1) is 13.4. The molecule has 1 aliphatic heterocycles. The largest absolute Gasteiger partial charge is 0.392 e. The van der Waals surface area contributed by atoms with Crippen LogP contribution in [0.2, 0.25) is 0 Å². The van der Waals surface area contributed by atoms with Gasteiger partial charge in [-0.2, -0.15) is 0 Å². The van der Waals surface area contributed by atoms with Gasteiger partial charge in [0.15, 0.2) is 0 Å². The van der Waals surface area contributed by atoms with Gasteiger partial charge in [-0.15, -0.1) is 0 Å². The molecule has 0 atom stereocenters. The van der Waals surface area contributed by atoms with Gasteiger partial charge in [-0.05, 0) is 50.0 Å². The van der Waals surface area contributed by atoms with Crippen molar-refractivity contribution in [2.24, 2.45) is 0 Å². The van der Waals surface area contributed by atoms with Crippen LogP contribution in [-0.2, 0) is 6.61 Å². The van der Waals surface area contributed by atoms with Crippen molar-refractivity contribution in [1.29, 1.82) is 0 Å². The molecule has 3 nitrogen and oxygen atoms in total.